The first-order valence-electron chi connectivity index (χ1n) is 5.50. The summed E-state index contributed by atoms with van der Waals surface area (Å²) in [6, 6.07) is 3.21. The highest BCUT2D eigenvalue weighted by molar-refractivity contribution is 5.94. The second kappa shape index (κ2) is 5.31. The van der Waals surface area contributed by atoms with Crippen molar-refractivity contribution in [1.29, 1.82) is 0 Å². The first-order chi connectivity index (χ1) is 8.70. The van der Waals surface area contributed by atoms with Crippen molar-refractivity contribution >= 4 is 5.91 Å². The van der Waals surface area contributed by atoms with Crippen molar-refractivity contribution in [2.24, 2.45) is 0 Å². The molecule has 1 amide bonds. The minimum absolute atomic E-state index is 0.113. The molecule has 2 aromatic heterocycles. The summed E-state index contributed by atoms with van der Waals surface area (Å²) >= 11 is 0. The number of pyridine rings is 1. The van der Waals surface area contributed by atoms with E-state index in [1.165, 1.54) is 13.3 Å². The summed E-state index contributed by atoms with van der Waals surface area (Å²) in [5, 5.41) is 9.41. The number of carbonyl (C=O) groups is 1. The Morgan fingerprint density at radius 3 is 2.83 bits per heavy atom. The predicted molar refractivity (Wildman–Crippen MR) is 65.3 cm³/mol. The molecule has 2 aromatic rings. The van der Waals surface area contributed by atoms with Crippen LogP contribution in [0.5, 0.6) is 5.88 Å². The smallest absolute Gasteiger partial charge is 0.253 e. The van der Waals surface area contributed by atoms with Gasteiger partial charge in [0.25, 0.3) is 5.91 Å². The molecule has 0 bridgehead atoms. The molecule has 0 aromatic carbocycles. The van der Waals surface area contributed by atoms with E-state index in [9.17, 15) is 4.79 Å². The lowest BCUT2D eigenvalue weighted by Crippen LogP contribution is -2.26. The van der Waals surface area contributed by atoms with Crippen LogP contribution in [-0.2, 0) is 0 Å². The molecule has 0 saturated heterocycles. The van der Waals surface area contributed by atoms with Gasteiger partial charge in [0, 0.05) is 24.0 Å². The molecule has 6 nitrogen and oxygen atoms in total. The molecule has 0 aliphatic rings. The van der Waals surface area contributed by atoms with Gasteiger partial charge in [-0.15, -0.1) is 0 Å². The van der Waals surface area contributed by atoms with E-state index < -0.39 is 0 Å². The highest BCUT2D eigenvalue weighted by atomic mass is 16.5. The summed E-state index contributed by atoms with van der Waals surface area (Å²) in [7, 11) is 1.53. The Morgan fingerprint density at radius 1 is 1.44 bits per heavy atom. The number of H-pyrrole nitrogens is 1. The third kappa shape index (κ3) is 2.65. The molecule has 18 heavy (non-hydrogen) atoms. The monoisotopic (exact) mass is 246 g/mol. The van der Waals surface area contributed by atoms with Gasteiger partial charge in [-0.1, -0.05) is 0 Å². The lowest BCUT2D eigenvalue weighted by molar-refractivity contribution is 0.0939. The number of rotatable bonds is 4. The maximum absolute atomic E-state index is 11.9. The Morgan fingerprint density at radius 2 is 2.28 bits per heavy atom. The molecular formula is C12H14N4O2. The van der Waals surface area contributed by atoms with Crippen LogP contribution in [0.4, 0.5) is 0 Å². The predicted octanol–water partition coefficient (Wildman–Crippen LogP) is 1.30. The number of amides is 1. The first-order valence-corrected chi connectivity index (χ1v) is 5.50. The Hall–Kier alpha value is -2.37. The highest BCUT2D eigenvalue weighted by Crippen LogP contribution is 2.11. The molecule has 1 unspecified atom stereocenters. The second-order valence-electron chi connectivity index (χ2n) is 3.82. The number of aromatic amines is 1. The average molecular weight is 246 g/mol. The second-order valence-corrected chi connectivity index (χ2v) is 3.82. The van der Waals surface area contributed by atoms with Crippen molar-refractivity contribution in [3.63, 3.8) is 0 Å². The molecular weight excluding hydrogens is 232 g/mol. The SMILES string of the molecule is COc1ccc(C(=O)NC(C)c2cn[nH]c2)cn1. The quantitative estimate of drug-likeness (QED) is 0.852. The van der Waals surface area contributed by atoms with Gasteiger partial charge in [0.2, 0.25) is 5.88 Å². The number of carbonyl (C=O) groups excluding carboxylic acids is 1. The zero-order valence-electron chi connectivity index (χ0n) is 10.2. The summed E-state index contributed by atoms with van der Waals surface area (Å²) in [5.41, 5.74) is 1.41. The Balaban J connectivity index is 2.03. The number of methoxy groups -OCH3 is 1. The van der Waals surface area contributed by atoms with Crippen LogP contribution >= 0.6 is 0 Å². The first kappa shape index (κ1) is 12.1. The van der Waals surface area contributed by atoms with Gasteiger partial charge in [0.05, 0.1) is 24.9 Å². The summed E-state index contributed by atoms with van der Waals surface area (Å²) in [5.74, 6) is 0.299. The fourth-order valence-corrected chi connectivity index (χ4v) is 1.50. The van der Waals surface area contributed by atoms with Crippen molar-refractivity contribution in [1.82, 2.24) is 20.5 Å². The van der Waals surface area contributed by atoms with E-state index in [2.05, 4.69) is 20.5 Å². The van der Waals surface area contributed by atoms with E-state index in [1.54, 1.807) is 24.5 Å². The number of aromatic nitrogens is 3. The average Bonchev–Trinajstić information content (AvgIpc) is 2.92. The van der Waals surface area contributed by atoms with Crippen LogP contribution in [0.2, 0.25) is 0 Å². The molecule has 1 atom stereocenters. The number of ether oxygens (including phenoxy) is 1. The summed E-state index contributed by atoms with van der Waals surface area (Å²) in [4.78, 5) is 15.9. The molecule has 2 N–H and O–H groups in total. The van der Waals surface area contributed by atoms with Gasteiger partial charge in [-0.25, -0.2) is 4.98 Å². The zero-order chi connectivity index (χ0) is 13.0. The van der Waals surface area contributed by atoms with Gasteiger partial charge < -0.3 is 10.1 Å². The number of hydrogen-bond acceptors (Lipinski definition) is 4. The fourth-order valence-electron chi connectivity index (χ4n) is 1.50. The van der Waals surface area contributed by atoms with E-state index in [0.29, 0.717) is 11.4 Å². The van der Waals surface area contributed by atoms with Crippen LogP contribution in [0, 0.1) is 0 Å². The maximum Gasteiger partial charge on any atom is 0.253 e. The minimum Gasteiger partial charge on any atom is -0.481 e. The van der Waals surface area contributed by atoms with E-state index in [-0.39, 0.29) is 11.9 Å². The van der Waals surface area contributed by atoms with Crippen LogP contribution in [0.1, 0.15) is 28.9 Å². The number of nitrogens with zero attached hydrogens (tertiary/aromatic N) is 2. The molecule has 0 aliphatic carbocycles. The molecule has 6 heteroatoms. The van der Waals surface area contributed by atoms with Crippen LogP contribution < -0.4 is 10.1 Å². The van der Waals surface area contributed by atoms with E-state index in [1.807, 2.05) is 6.92 Å². The summed E-state index contributed by atoms with van der Waals surface area (Å²) in [6.07, 6.45) is 4.91. The molecule has 94 valence electrons. The topological polar surface area (TPSA) is 79.9 Å². The molecule has 2 heterocycles. The molecule has 0 spiro atoms. The lowest BCUT2D eigenvalue weighted by Gasteiger charge is -2.11. The van der Waals surface area contributed by atoms with Gasteiger partial charge in [-0.2, -0.15) is 5.10 Å². The van der Waals surface area contributed by atoms with E-state index in [0.717, 1.165) is 5.56 Å². The van der Waals surface area contributed by atoms with Gasteiger partial charge >= 0.3 is 0 Å². The van der Waals surface area contributed by atoms with Crippen molar-refractivity contribution in [2.75, 3.05) is 7.11 Å². The largest absolute Gasteiger partial charge is 0.481 e. The van der Waals surface area contributed by atoms with Crippen LogP contribution in [0.25, 0.3) is 0 Å². The number of hydrogen-bond donors (Lipinski definition) is 2. The van der Waals surface area contributed by atoms with Gasteiger partial charge in [-0.05, 0) is 13.0 Å². The van der Waals surface area contributed by atoms with Crippen LogP contribution in [-0.4, -0.2) is 28.2 Å². The molecule has 2 rings (SSSR count). The van der Waals surface area contributed by atoms with Gasteiger partial charge in [0.1, 0.15) is 0 Å². The molecule has 0 fully saturated rings. The fraction of sp³-hybridized carbons (Fsp3) is 0.250. The zero-order valence-corrected chi connectivity index (χ0v) is 10.2. The van der Waals surface area contributed by atoms with Crippen molar-refractivity contribution in [3.05, 3.63) is 41.9 Å². The minimum atomic E-state index is -0.182. The third-order valence-electron chi connectivity index (χ3n) is 2.57. The van der Waals surface area contributed by atoms with Crippen molar-refractivity contribution < 1.29 is 9.53 Å². The van der Waals surface area contributed by atoms with Crippen molar-refractivity contribution in [2.45, 2.75) is 13.0 Å². The Kier molecular flexibility index (Phi) is 3.57. The van der Waals surface area contributed by atoms with E-state index >= 15 is 0 Å². The standard InChI is InChI=1S/C12H14N4O2/c1-8(10-6-14-15-7-10)16-12(17)9-3-4-11(18-2)13-5-9/h3-8H,1-2H3,(H,14,15)(H,16,17). The van der Waals surface area contributed by atoms with E-state index in [4.69, 9.17) is 4.74 Å². The Labute approximate surface area is 104 Å². The molecule has 0 saturated carbocycles. The molecule has 0 aliphatic heterocycles. The van der Waals surface area contributed by atoms with Gasteiger partial charge in [0.15, 0.2) is 0 Å². The lowest BCUT2D eigenvalue weighted by atomic mass is 10.2. The maximum atomic E-state index is 11.9. The number of nitrogens with one attached hydrogen (secondary N) is 2. The highest BCUT2D eigenvalue weighted by Gasteiger charge is 2.12. The normalized spacial score (nSPS) is 11.9. The summed E-state index contributed by atoms with van der Waals surface area (Å²) in [6.45, 7) is 1.89. The van der Waals surface area contributed by atoms with Crippen molar-refractivity contribution in [3.8, 4) is 5.88 Å². The summed E-state index contributed by atoms with van der Waals surface area (Å²) < 4.78 is 4.93. The van der Waals surface area contributed by atoms with Gasteiger partial charge in [-0.3, -0.25) is 9.89 Å². The van der Waals surface area contributed by atoms with Crippen LogP contribution in [0.15, 0.2) is 30.7 Å². The van der Waals surface area contributed by atoms with Crippen LogP contribution in [0.3, 0.4) is 0 Å². The third-order valence-corrected chi connectivity index (χ3v) is 2.57. The Bertz CT molecular complexity index is 507. The molecule has 0 radical (unpaired) electrons.